The first-order valence-corrected chi connectivity index (χ1v) is 7.48. The number of carbonyl (C=O) groups is 1. The molecule has 1 heterocycles. The van der Waals surface area contributed by atoms with Crippen LogP contribution in [0.2, 0.25) is 0 Å². The van der Waals surface area contributed by atoms with Gasteiger partial charge in [-0.25, -0.2) is 0 Å². The second-order valence-corrected chi connectivity index (χ2v) is 5.65. The van der Waals surface area contributed by atoms with Crippen LogP contribution in [0, 0.1) is 0 Å². The van der Waals surface area contributed by atoms with E-state index in [0.29, 0.717) is 12.3 Å². The van der Waals surface area contributed by atoms with Gasteiger partial charge in [-0.05, 0) is 62.5 Å². The van der Waals surface area contributed by atoms with Crippen LogP contribution >= 0.6 is 0 Å². The minimum Gasteiger partial charge on any atom is -0.369 e. The van der Waals surface area contributed by atoms with Gasteiger partial charge in [0.05, 0.1) is 6.42 Å². The standard InChI is InChI=1S/C16H25N3O/c17-7-2-8-19-9-5-14(6-10-19)15-4-1-3-13(11-15)12-16(18)20/h1,3-4,11,14H,2,5-10,12,17H2,(H2,18,20). The first kappa shape index (κ1) is 15.0. The van der Waals surface area contributed by atoms with Crippen molar-refractivity contribution < 1.29 is 4.79 Å². The average Bonchev–Trinajstić information content (AvgIpc) is 2.45. The van der Waals surface area contributed by atoms with Gasteiger partial charge in [-0.3, -0.25) is 4.79 Å². The third-order valence-corrected chi connectivity index (χ3v) is 4.07. The summed E-state index contributed by atoms with van der Waals surface area (Å²) in [5.74, 6) is 0.343. The van der Waals surface area contributed by atoms with Gasteiger partial charge in [0, 0.05) is 0 Å². The summed E-state index contributed by atoms with van der Waals surface area (Å²) in [4.78, 5) is 13.5. The van der Waals surface area contributed by atoms with Crippen molar-refractivity contribution in [2.24, 2.45) is 11.5 Å². The quantitative estimate of drug-likeness (QED) is 0.820. The molecule has 4 nitrogen and oxygen atoms in total. The Hall–Kier alpha value is -1.39. The molecule has 1 aromatic rings. The molecular formula is C16H25N3O. The fourth-order valence-electron chi connectivity index (χ4n) is 2.96. The number of benzene rings is 1. The monoisotopic (exact) mass is 275 g/mol. The second kappa shape index (κ2) is 7.41. The Bertz CT molecular complexity index is 439. The van der Waals surface area contributed by atoms with Gasteiger partial charge in [0.25, 0.3) is 0 Å². The lowest BCUT2D eigenvalue weighted by Gasteiger charge is -2.32. The predicted molar refractivity (Wildman–Crippen MR) is 81.4 cm³/mol. The number of nitrogens with two attached hydrogens (primary N) is 2. The highest BCUT2D eigenvalue weighted by Crippen LogP contribution is 2.28. The maximum atomic E-state index is 11.0. The average molecular weight is 275 g/mol. The first-order chi connectivity index (χ1) is 9.69. The third kappa shape index (κ3) is 4.32. The zero-order valence-corrected chi connectivity index (χ0v) is 12.1. The van der Waals surface area contributed by atoms with E-state index in [2.05, 4.69) is 17.0 Å². The van der Waals surface area contributed by atoms with Crippen molar-refractivity contribution >= 4 is 5.91 Å². The SMILES string of the molecule is NCCCN1CCC(c2cccc(CC(N)=O)c2)CC1. The summed E-state index contributed by atoms with van der Waals surface area (Å²) in [6.45, 7) is 4.18. The molecule has 1 amide bonds. The fourth-order valence-corrected chi connectivity index (χ4v) is 2.96. The molecule has 110 valence electrons. The van der Waals surface area contributed by atoms with Crippen molar-refractivity contribution in [3.05, 3.63) is 35.4 Å². The predicted octanol–water partition coefficient (Wildman–Crippen LogP) is 1.24. The van der Waals surface area contributed by atoms with E-state index in [1.54, 1.807) is 0 Å². The molecule has 0 aliphatic carbocycles. The van der Waals surface area contributed by atoms with E-state index in [4.69, 9.17) is 11.5 Å². The Morgan fingerprint density at radius 3 is 2.70 bits per heavy atom. The fraction of sp³-hybridized carbons (Fsp3) is 0.562. The number of hydrogen-bond acceptors (Lipinski definition) is 3. The van der Waals surface area contributed by atoms with Crippen molar-refractivity contribution in [1.29, 1.82) is 0 Å². The first-order valence-electron chi connectivity index (χ1n) is 7.48. The molecule has 2 rings (SSSR count). The molecule has 1 aliphatic heterocycles. The van der Waals surface area contributed by atoms with Gasteiger partial charge in [0.2, 0.25) is 5.91 Å². The lowest BCUT2D eigenvalue weighted by Crippen LogP contribution is -2.34. The van der Waals surface area contributed by atoms with Gasteiger partial charge < -0.3 is 16.4 Å². The van der Waals surface area contributed by atoms with E-state index < -0.39 is 0 Å². The maximum Gasteiger partial charge on any atom is 0.221 e. The molecule has 1 fully saturated rings. The Labute approximate surface area is 121 Å². The van der Waals surface area contributed by atoms with E-state index in [1.165, 1.54) is 18.4 Å². The molecular weight excluding hydrogens is 250 g/mol. The van der Waals surface area contributed by atoms with Crippen LogP contribution in [0.5, 0.6) is 0 Å². The van der Waals surface area contributed by atoms with Crippen molar-refractivity contribution in [2.45, 2.75) is 31.6 Å². The zero-order chi connectivity index (χ0) is 14.4. The van der Waals surface area contributed by atoms with Gasteiger partial charge in [-0.2, -0.15) is 0 Å². The van der Waals surface area contributed by atoms with Gasteiger partial charge in [0.15, 0.2) is 0 Å². The van der Waals surface area contributed by atoms with Crippen molar-refractivity contribution in [3.63, 3.8) is 0 Å². The zero-order valence-electron chi connectivity index (χ0n) is 12.1. The summed E-state index contributed by atoms with van der Waals surface area (Å²) >= 11 is 0. The van der Waals surface area contributed by atoms with Crippen LogP contribution in [-0.2, 0) is 11.2 Å². The smallest absolute Gasteiger partial charge is 0.221 e. The summed E-state index contributed by atoms with van der Waals surface area (Å²) in [6.07, 6.45) is 3.79. The summed E-state index contributed by atoms with van der Waals surface area (Å²) in [6, 6.07) is 8.33. The van der Waals surface area contributed by atoms with Crippen molar-refractivity contribution in [2.75, 3.05) is 26.2 Å². The van der Waals surface area contributed by atoms with Crippen LogP contribution < -0.4 is 11.5 Å². The topological polar surface area (TPSA) is 72.3 Å². The number of rotatable bonds is 6. The van der Waals surface area contributed by atoms with E-state index in [1.807, 2.05) is 12.1 Å². The molecule has 0 bridgehead atoms. The number of piperidine rings is 1. The van der Waals surface area contributed by atoms with E-state index in [9.17, 15) is 4.79 Å². The molecule has 4 N–H and O–H groups in total. The van der Waals surface area contributed by atoms with Gasteiger partial charge in [-0.15, -0.1) is 0 Å². The number of amides is 1. The van der Waals surface area contributed by atoms with Gasteiger partial charge in [-0.1, -0.05) is 24.3 Å². The Morgan fingerprint density at radius 1 is 1.30 bits per heavy atom. The number of primary amides is 1. The van der Waals surface area contributed by atoms with E-state index >= 15 is 0 Å². The normalized spacial score (nSPS) is 17.2. The highest BCUT2D eigenvalue weighted by Gasteiger charge is 2.20. The third-order valence-electron chi connectivity index (χ3n) is 4.07. The number of likely N-dealkylation sites (tertiary alicyclic amines) is 1. The number of hydrogen-bond donors (Lipinski definition) is 2. The minimum absolute atomic E-state index is 0.265. The lowest BCUT2D eigenvalue weighted by molar-refractivity contribution is -0.117. The largest absolute Gasteiger partial charge is 0.369 e. The summed E-state index contributed by atoms with van der Waals surface area (Å²) < 4.78 is 0. The summed E-state index contributed by atoms with van der Waals surface area (Å²) in [7, 11) is 0. The van der Waals surface area contributed by atoms with Crippen molar-refractivity contribution in [1.82, 2.24) is 4.90 Å². The Balaban J connectivity index is 1.91. The molecule has 0 radical (unpaired) electrons. The minimum atomic E-state index is -0.265. The molecule has 4 heteroatoms. The molecule has 0 aromatic heterocycles. The van der Waals surface area contributed by atoms with Crippen LogP contribution in [0.25, 0.3) is 0 Å². The maximum absolute atomic E-state index is 11.0. The number of carbonyl (C=O) groups excluding carboxylic acids is 1. The molecule has 1 aromatic carbocycles. The van der Waals surface area contributed by atoms with Crippen LogP contribution in [0.1, 0.15) is 36.3 Å². The van der Waals surface area contributed by atoms with Crippen LogP contribution in [0.3, 0.4) is 0 Å². The van der Waals surface area contributed by atoms with Crippen LogP contribution in [0.4, 0.5) is 0 Å². The van der Waals surface area contributed by atoms with E-state index in [-0.39, 0.29) is 5.91 Å². The van der Waals surface area contributed by atoms with Gasteiger partial charge in [0.1, 0.15) is 0 Å². The second-order valence-electron chi connectivity index (χ2n) is 5.65. The Morgan fingerprint density at radius 2 is 2.05 bits per heavy atom. The number of nitrogens with zero attached hydrogens (tertiary/aromatic N) is 1. The van der Waals surface area contributed by atoms with Crippen molar-refractivity contribution in [3.8, 4) is 0 Å². The summed E-state index contributed by atoms with van der Waals surface area (Å²) in [5.41, 5.74) is 13.2. The lowest BCUT2D eigenvalue weighted by atomic mass is 9.88. The highest BCUT2D eigenvalue weighted by atomic mass is 16.1. The van der Waals surface area contributed by atoms with Crippen LogP contribution in [-0.4, -0.2) is 37.0 Å². The molecule has 0 saturated carbocycles. The molecule has 1 saturated heterocycles. The molecule has 20 heavy (non-hydrogen) atoms. The summed E-state index contributed by atoms with van der Waals surface area (Å²) in [5, 5.41) is 0. The highest BCUT2D eigenvalue weighted by molar-refractivity contribution is 5.76. The molecule has 0 spiro atoms. The molecule has 1 aliphatic rings. The van der Waals surface area contributed by atoms with Crippen LogP contribution in [0.15, 0.2) is 24.3 Å². The van der Waals surface area contributed by atoms with E-state index in [0.717, 1.165) is 38.2 Å². The molecule has 0 atom stereocenters. The van der Waals surface area contributed by atoms with Gasteiger partial charge >= 0.3 is 0 Å². The Kier molecular flexibility index (Phi) is 5.56. The molecule has 0 unspecified atom stereocenters.